The normalized spacial score (nSPS) is 13.3. The minimum atomic E-state index is -4.49. The molecule has 2 heterocycles. The van der Waals surface area contributed by atoms with Crippen molar-refractivity contribution in [3.63, 3.8) is 0 Å². The van der Waals surface area contributed by atoms with Crippen molar-refractivity contribution in [2.24, 2.45) is 0 Å². The summed E-state index contributed by atoms with van der Waals surface area (Å²) in [7, 11) is 2.91. The van der Waals surface area contributed by atoms with Crippen LogP contribution in [0.2, 0.25) is 0 Å². The van der Waals surface area contributed by atoms with Gasteiger partial charge in [0, 0.05) is 32.4 Å². The number of hydrogen-bond donors (Lipinski definition) is 2. The van der Waals surface area contributed by atoms with Crippen molar-refractivity contribution < 1.29 is 22.0 Å². The van der Waals surface area contributed by atoms with Crippen molar-refractivity contribution in [2.75, 3.05) is 57.2 Å². The van der Waals surface area contributed by atoms with E-state index in [0.717, 1.165) is 11.1 Å². The third-order valence-corrected chi connectivity index (χ3v) is 5.66. The molecule has 9 nitrogen and oxygen atoms in total. The fraction of sp³-hybridized carbons (Fsp3) is 0.320. The molecule has 0 aliphatic heterocycles. The third-order valence-electron chi connectivity index (χ3n) is 5.66. The van der Waals surface area contributed by atoms with E-state index in [1.807, 2.05) is 30.9 Å². The first-order chi connectivity index (χ1) is 18.7. The number of aromatic nitrogens is 4. The quantitative estimate of drug-likeness (QED) is 0.316. The predicted octanol–water partition coefficient (Wildman–Crippen LogP) is 4.39. The van der Waals surface area contributed by atoms with E-state index in [4.69, 9.17) is 14.6 Å². The van der Waals surface area contributed by atoms with Crippen LogP contribution in [0.4, 0.5) is 36.2 Å². The molecule has 0 unspecified atom stereocenters. The van der Waals surface area contributed by atoms with Gasteiger partial charge in [-0.25, -0.2) is 15.0 Å². The monoisotopic (exact) mass is 517 g/mol. The Morgan fingerprint density at radius 3 is 2.62 bits per heavy atom. The van der Waals surface area contributed by atoms with E-state index < -0.39 is 19.8 Å². The number of nitrogen functional groups attached to an aromatic ring is 1. The van der Waals surface area contributed by atoms with E-state index in [9.17, 15) is 13.2 Å². The maximum absolute atomic E-state index is 13.4. The van der Waals surface area contributed by atoms with E-state index in [-0.39, 0.29) is 28.9 Å². The van der Waals surface area contributed by atoms with E-state index in [2.05, 4.69) is 20.3 Å². The molecule has 0 saturated carbocycles. The molecule has 0 fully saturated rings. The zero-order chi connectivity index (χ0) is 29.2. The number of alkyl halides is 3. The summed E-state index contributed by atoms with van der Waals surface area (Å²) in [5, 5.41) is 2.90. The summed E-state index contributed by atoms with van der Waals surface area (Å²) in [6, 6.07) is 10.9. The fourth-order valence-electron chi connectivity index (χ4n) is 3.84. The van der Waals surface area contributed by atoms with Gasteiger partial charge in [0.25, 0.3) is 0 Å². The molecule has 196 valence electrons. The summed E-state index contributed by atoms with van der Waals surface area (Å²) in [5.74, 6) is -0.0499. The van der Waals surface area contributed by atoms with Crippen LogP contribution in [0.15, 0.2) is 48.7 Å². The molecular weight excluding hydrogens is 485 g/mol. The summed E-state index contributed by atoms with van der Waals surface area (Å²) in [6.07, 6.45) is -3.13. The standard InChI is InChI=1S/C25H29F3N8O/c1-34(2)11-12-35(3)21-14-22(37-4)19(13-16(21)29)33-24-30-10-9-18(32-24)23-31-17-7-5-6-8-20(17)36(23)15-25(26,27)28/h5-10,13-14H,11-12,15,29H2,1-4H3,(H,30,32,33)/i4D3. The van der Waals surface area contributed by atoms with Crippen molar-refractivity contribution in [2.45, 2.75) is 12.7 Å². The Balaban J connectivity index is 1.72. The predicted molar refractivity (Wildman–Crippen MR) is 139 cm³/mol. The number of imidazole rings is 1. The summed E-state index contributed by atoms with van der Waals surface area (Å²) >= 11 is 0. The number of methoxy groups -OCH3 is 1. The van der Waals surface area contributed by atoms with Gasteiger partial charge >= 0.3 is 6.18 Å². The Labute approximate surface area is 216 Å². The smallest absolute Gasteiger partial charge is 0.406 e. The Hall–Kier alpha value is -4.06. The number of rotatable bonds is 9. The number of nitrogens with two attached hydrogens (primary N) is 1. The molecule has 0 atom stereocenters. The van der Waals surface area contributed by atoms with Gasteiger partial charge in [0.1, 0.15) is 18.0 Å². The zero-order valence-corrected chi connectivity index (χ0v) is 20.5. The van der Waals surface area contributed by atoms with Crippen molar-refractivity contribution in [1.29, 1.82) is 0 Å². The minimum absolute atomic E-state index is 0.000295. The molecule has 0 aliphatic carbocycles. The third kappa shape index (κ3) is 6.02. The second-order valence-corrected chi connectivity index (χ2v) is 8.75. The number of benzene rings is 2. The lowest BCUT2D eigenvalue weighted by Crippen LogP contribution is -2.29. The van der Waals surface area contributed by atoms with Gasteiger partial charge in [-0.05, 0) is 38.4 Å². The van der Waals surface area contributed by atoms with Crippen LogP contribution in [0.1, 0.15) is 4.11 Å². The molecule has 4 rings (SSSR count). The van der Waals surface area contributed by atoms with E-state index >= 15 is 0 Å². The Morgan fingerprint density at radius 1 is 1.11 bits per heavy atom. The lowest BCUT2D eigenvalue weighted by molar-refractivity contribution is -0.139. The maximum Gasteiger partial charge on any atom is 0.406 e. The van der Waals surface area contributed by atoms with Crippen LogP contribution >= 0.6 is 0 Å². The van der Waals surface area contributed by atoms with Crippen molar-refractivity contribution >= 4 is 34.0 Å². The van der Waals surface area contributed by atoms with Crippen molar-refractivity contribution in [1.82, 2.24) is 24.4 Å². The molecule has 12 heteroatoms. The summed E-state index contributed by atoms with van der Waals surface area (Å²) in [6.45, 7) is 0.0813. The maximum atomic E-state index is 13.4. The average molecular weight is 518 g/mol. The van der Waals surface area contributed by atoms with Gasteiger partial charge in [0.05, 0.1) is 39.2 Å². The molecule has 0 amide bonds. The number of hydrogen-bond acceptors (Lipinski definition) is 8. The van der Waals surface area contributed by atoms with E-state index in [1.54, 1.807) is 24.3 Å². The number of anilines is 4. The van der Waals surface area contributed by atoms with Crippen molar-refractivity contribution in [3.8, 4) is 17.3 Å². The van der Waals surface area contributed by atoms with Crippen LogP contribution < -0.4 is 20.7 Å². The molecule has 0 aliphatic rings. The highest BCUT2D eigenvalue weighted by Crippen LogP contribution is 2.36. The van der Waals surface area contributed by atoms with Gasteiger partial charge in [0.2, 0.25) is 5.95 Å². The molecule has 2 aromatic heterocycles. The van der Waals surface area contributed by atoms with Crippen LogP contribution in [-0.2, 0) is 6.54 Å². The van der Waals surface area contributed by atoms with Gasteiger partial charge < -0.3 is 30.2 Å². The molecule has 0 saturated heterocycles. The second kappa shape index (κ2) is 10.5. The number of fused-ring (bicyclic) bond motifs is 1. The molecular formula is C25H29F3N8O. The number of nitrogens with zero attached hydrogens (tertiary/aromatic N) is 6. The summed E-state index contributed by atoms with van der Waals surface area (Å²) < 4.78 is 69.4. The molecule has 2 aromatic carbocycles. The van der Waals surface area contributed by atoms with Gasteiger partial charge in [-0.1, -0.05) is 12.1 Å². The van der Waals surface area contributed by atoms with Crippen molar-refractivity contribution in [3.05, 3.63) is 48.7 Å². The van der Waals surface area contributed by atoms with Gasteiger partial charge in [0.15, 0.2) is 5.82 Å². The Kier molecular flexibility index (Phi) is 6.29. The highest BCUT2D eigenvalue weighted by Gasteiger charge is 2.31. The van der Waals surface area contributed by atoms with Crippen LogP contribution in [0.5, 0.6) is 5.75 Å². The highest BCUT2D eigenvalue weighted by molar-refractivity contribution is 5.81. The lowest BCUT2D eigenvalue weighted by Gasteiger charge is -2.24. The molecule has 4 aromatic rings. The highest BCUT2D eigenvalue weighted by atomic mass is 19.4. The second-order valence-electron chi connectivity index (χ2n) is 8.75. The number of halogens is 3. The molecule has 3 N–H and O–H groups in total. The Morgan fingerprint density at radius 2 is 1.89 bits per heavy atom. The molecule has 0 bridgehead atoms. The number of para-hydroxylation sites is 2. The first-order valence-corrected chi connectivity index (χ1v) is 11.3. The first kappa shape index (κ1) is 22.2. The SMILES string of the molecule is [2H]C([2H])([2H])Oc1cc(N(C)CCN(C)C)c(N)cc1Nc1nccc(-c2nc3ccccc3n2CC(F)(F)F)n1. The van der Waals surface area contributed by atoms with Crippen LogP contribution in [0.25, 0.3) is 22.6 Å². The Bertz CT molecular complexity index is 1490. The topological polar surface area (TPSA) is 97.4 Å². The minimum Gasteiger partial charge on any atom is -0.494 e. The largest absolute Gasteiger partial charge is 0.494 e. The van der Waals surface area contributed by atoms with Crippen LogP contribution in [0.3, 0.4) is 0 Å². The van der Waals surface area contributed by atoms with E-state index in [1.165, 1.54) is 24.4 Å². The number of nitrogens with one attached hydrogen (secondary N) is 1. The van der Waals surface area contributed by atoms with Gasteiger partial charge in [-0.3, -0.25) is 0 Å². The molecule has 37 heavy (non-hydrogen) atoms. The number of likely N-dealkylation sites (N-methyl/N-ethyl adjacent to an activating group) is 2. The van der Waals surface area contributed by atoms with Crippen LogP contribution in [0, 0.1) is 0 Å². The summed E-state index contributed by atoms with van der Waals surface area (Å²) in [4.78, 5) is 16.8. The summed E-state index contributed by atoms with van der Waals surface area (Å²) in [5.41, 5.74) is 8.18. The molecule has 0 spiro atoms. The van der Waals surface area contributed by atoms with Gasteiger partial charge in [-0.15, -0.1) is 0 Å². The first-order valence-electron chi connectivity index (χ1n) is 12.8. The van der Waals surface area contributed by atoms with E-state index in [0.29, 0.717) is 29.0 Å². The van der Waals surface area contributed by atoms with Gasteiger partial charge in [-0.2, -0.15) is 13.2 Å². The van der Waals surface area contributed by atoms with Crippen LogP contribution in [-0.4, -0.2) is 71.9 Å². The lowest BCUT2D eigenvalue weighted by atomic mass is 10.2. The fourth-order valence-corrected chi connectivity index (χ4v) is 3.84. The molecule has 0 radical (unpaired) electrons. The average Bonchev–Trinajstić information content (AvgIpc) is 3.20. The zero-order valence-electron chi connectivity index (χ0n) is 23.5. The number of ether oxygens (including phenoxy) is 1.